The van der Waals surface area contributed by atoms with Gasteiger partial charge in [0.05, 0.1) is 0 Å². The molecular weight excluding hydrogens is 219 g/mol. The lowest BCUT2D eigenvalue weighted by atomic mass is 10.1. The van der Waals surface area contributed by atoms with Crippen LogP contribution >= 0.6 is 8.02 Å². The molecule has 0 saturated carbocycles. The van der Waals surface area contributed by atoms with E-state index in [0.717, 1.165) is 0 Å². The Morgan fingerprint density at radius 2 is 1.27 bits per heavy atom. The molecule has 0 atom stereocenters. The first-order valence-electron chi connectivity index (χ1n) is 4.63. The Morgan fingerprint density at radius 3 is 1.47 bits per heavy atom. The molecule has 0 bridgehead atoms. The van der Waals surface area contributed by atoms with Gasteiger partial charge in [0.25, 0.3) is 0 Å². The van der Waals surface area contributed by atoms with Gasteiger partial charge in [-0.3, -0.25) is 0 Å². The van der Waals surface area contributed by atoms with Crippen molar-refractivity contribution in [2.24, 2.45) is 0 Å². The average molecular weight is 233 g/mol. The van der Waals surface area contributed by atoms with E-state index in [2.05, 4.69) is 10.2 Å². The highest BCUT2D eigenvalue weighted by Crippen LogP contribution is 2.64. The lowest BCUT2D eigenvalue weighted by Crippen LogP contribution is -2.42. The highest BCUT2D eigenvalue weighted by Gasteiger charge is 2.71. The average Bonchev–Trinajstić information content (AvgIpc) is 2.31. The molecule has 15 heavy (non-hydrogen) atoms. The van der Waals surface area contributed by atoms with E-state index < -0.39 is 31.0 Å². The van der Waals surface area contributed by atoms with E-state index >= 15 is 0 Å². The number of hydrogen-bond donors (Lipinski definition) is 2. The second-order valence-electron chi connectivity index (χ2n) is 4.78. The Labute approximate surface area is 88.3 Å². The van der Waals surface area contributed by atoms with Gasteiger partial charge in [-0.2, -0.15) is 0 Å². The second kappa shape index (κ2) is 2.70. The Bertz CT molecular complexity index is 319. The normalized spacial score (nSPS) is 30.4. The zero-order valence-electron chi connectivity index (χ0n) is 9.08. The number of carbonyl (C=O) groups is 2. The highest BCUT2D eigenvalue weighted by atomic mass is 31.2. The van der Waals surface area contributed by atoms with E-state index in [1.807, 2.05) is 0 Å². The van der Waals surface area contributed by atoms with E-state index in [1.54, 1.807) is 27.7 Å². The first-order chi connectivity index (χ1) is 6.67. The van der Waals surface area contributed by atoms with Gasteiger partial charge in [-0.15, -0.1) is 0 Å². The Morgan fingerprint density at radius 1 is 0.933 bits per heavy atom. The van der Waals surface area contributed by atoms with Crippen LogP contribution in [0.5, 0.6) is 0 Å². The number of nitrogens with one attached hydrogen (secondary N) is 2. The molecule has 0 aromatic rings. The standard InChI is InChI=1S/C8H14N2O4P/c1-7(2)5(11)13-15(9-7)10-8(3,4)6(12)14-15/h9-10H,1-4H3/q+1. The summed E-state index contributed by atoms with van der Waals surface area (Å²) in [7, 11) is -2.75. The molecule has 0 aliphatic carbocycles. The van der Waals surface area contributed by atoms with Crippen molar-refractivity contribution < 1.29 is 18.6 Å². The summed E-state index contributed by atoms with van der Waals surface area (Å²) < 4.78 is 10.3. The number of carbonyl (C=O) groups excluding carboxylic acids is 2. The van der Waals surface area contributed by atoms with Crippen LogP contribution in [0.25, 0.3) is 0 Å². The molecule has 0 unspecified atom stereocenters. The van der Waals surface area contributed by atoms with Crippen LogP contribution in [0, 0.1) is 0 Å². The Hall–Kier alpha value is -0.710. The van der Waals surface area contributed by atoms with E-state index in [0.29, 0.717) is 0 Å². The summed E-state index contributed by atoms with van der Waals surface area (Å²) in [6.07, 6.45) is 0. The van der Waals surface area contributed by atoms with Gasteiger partial charge in [0, 0.05) is 0 Å². The predicted octanol–water partition coefficient (Wildman–Crippen LogP) is 0.514. The monoisotopic (exact) mass is 233 g/mol. The van der Waals surface area contributed by atoms with Crippen LogP contribution in [0.2, 0.25) is 0 Å². The summed E-state index contributed by atoms with van der Waals surface area (Å²) in [5.74, 6) is -0.817. The van der Waals surface area contributed by atoms with Crippen LogP contribution < -0.4 is 10.2 Å². The van der Waals surface area contributed by atoms with Crippen molar-refractivity contribution in [2.45, 2.75) is 38.8 Å². The molecule has 84 valence electrons. The summed E-state index contributed by atoms with van der Waals surface area (Å²) >= 11 is 0. The third-order valence-corrected chi connectivity index (χ3v) is 4.85. The quantitative estimate of drug-likeness (QED) is 0.594. The zero-order valence-corrected chi connectivity index (χ0v) is 9.97. The van der Waals surface area contributed by atoms with Crippen molar-refractivity contribution in [3.05, 3.63) is 0 Å². The zero-order chi connectivity index (χ0) is 11.5. The molecule has 2 rings (SSSR count). The molecule has 2 saturated heterocycles. The van der Waals surface area contributed by atoms with E-state index in [-0.39, 0.29) is 0 Å². The smallest absolute Gasteiger partial charge is 0.245 e. The molecule has 2 aliphatic rings. The van der Waals surface area contributed by atoms with Gasteiger partial charge in [0.15, 0.2) is 11.1 Å². The number of rotatable bonds is 0. The SMILES string of the molecule is CC1(C)N[P+]2(NC(C)(C)C(=O)O2)OC1=O. The first kappa shape index (κ1) is 10.8. The summed E-state index contributed by atoms with van der Waals surface area (Å²) in [6, 6.07) is 0. The minimum Gasteiger partial charge on any atom is -0.245 e. The highest BCUT2D eigenvalue weighted by molar-refractivity contribution is 7.64. The van der Waals surface area contributed by atoms with E-state index in [4.69, 9.17) is 9.05 Å². The van der Waals surface area contributed by atoms with Crippen LogP contribution in [0.1, 0.15) is 27.7 Å². The van der Waals surface area contributed by atoms with Gasteiger partial charge in [0.2, 0.25) is 0 Å². The molecule has 7 heteroatoms. The van der Waals surface area contributed by atoms with Gasteiger partial charge in [-0.05, 0) is 27.7 Å². The van der Waals surface area contributed by atoms with Crippen molar-refractivity contribution in [3.63, 3.8) is 0 Å². The topological polar surface area (TPSA) is 76.7 Å². The molecule has 2 aliphatic heterocycles. The lowest BCUT2D eigenvalue weighted by Gasteiger charge is -2.12. The second-order valence-corrected chi connectivity index (χ2v) is 6.70. The van der Waals surface area contributed by atoms with E-state index in [9.17, 15) is 9.59 Å². The molecule has 2 heterocycles. The van der Waals surface area contributed by atoms with Gasteiger partial charge >= 0.3 is 20.0 Å². The van der Waals surface area contributed by atoms with Crippen LogP contribution in [0.3, 0.4) is 0 Å². The summed E-state index contributed by atoms with van der Waals surface area (Å²) in [5, 5.41) is 5.85. The van der Waals surface area contributed by atoms with Crippen molar-refractivity contribution in [1.82, 2.24) is 10.2 Å². The van der Waals surface area contributed by atoms with Crippen LogP contribution in [-0.2, 0) is 18.6 Å². The molecule has 0 aromatic carbocycles. The molecule has 2 fully saturated rings. The molecule has 6 nitrogen and oxygen atoms in total. The molecule has 2 N–H and O–H groups in total. The van der Waals surface area contributed by atoms with Crippen LogP contribution in [0.4, 0.5) is 0 Å². The predicted molar refractivity (Wildman–Crippen MR) is 53.5 cm³/mol. The van der Waals surface area contributed by atoms with Gasteiger partial charge in [-0.1, -0.05) is 10.2 Å². The summed E-state index contributed by atoms with van der Waals surface area (Å²) in [6.45, 7) is 6.74. The maximum absolute atomic E-state index is 11.5. The molecule has 0 radical (unpaired) electrons. The Kier molecular flexibility index (Phi) is 1.94. The minimum atomic E-state index is -2.75. The van der Waals surface area contributed by atoms with Crippen molar-refractivity contribution in [1.29, 1.82) is 0 Å². The van der Waals surface area contributed by atoms with Crippen molar-refractivity contribution in [2.75, 3.05) is 0 Å². The molecule has 0 amide bonds. The summed E-state index contributed by atoms with van der Waals surface area (Å²) in [4.78, 5) is 23.0. The Balaban J connectivity index is 2.27. The van der Waals surface area contributed by atoms with Crippen LogP contribution in [0.15, 0.2) is 0 Å². The fourth-order valence-electron chi connectivity index (χ4n) is 1.43. The van der Waals surface area contributed by atoms with Gasteiger partial charge in [0.1, 0.15) is 0 Å². The van der Waals surface area contributed by atoms with Crippen molar-refractivity contribution in [3.8, 4) is 0 Å². The maximum atomic E-state index is 11.5. The maximum Gasteiger partial charge on any atom is 0.528 e. The van der Waals surface area contributed by atoms with Crippen molar-refractivity contribution >= 4 is 20.0 Å². The van der Waals surface area contributed by atoms with Gasteiger partial charge in [-0.25, -0.2) is 18.6 Å². The third kappa shape index (κ3) is 1.53. The van der Waals surface area contributed by atoms with E-state index in [1.165, 1.54) is 0 Å². The summed E-state index contributed by atoms with van der Waals surface area (Å²) in [5.41, 5.74) is -1.64. The van der Waals surface area contributed by atoms with Gasteiger partial charge < -0.3 is 0 Å². The fourth-order valence-corrected chi connectivity index (χ4v) is 4.28. The van der Waals surface area contributed by atoms with Crippen LogP contribution in [-0.4, -0.2) is 23.0 Å². The largest absolute Gasteiger partial charge is 0.528 e. The molecule has 1 spiro atoms. The first-order valence-corrected chi connectivity index (χ1v) is 6.25. The fraction of sp³-hybridized carbons (Fsp3) is 0.750. The molecular formula is C8H14N2O4P+. The third-order valence-electron chi connectivity index (χ3n) is 2.30. The lowest BCUT2D eigenvalue weighted by molar-refractivity contribution is -0.138. The molecule has 0 aromatic heterocycles. The minimum absolute atomic E-state index is 0.408. The number of hydrogen-bond acceptors (Lipinski definition) is 6.